The number of nitrogens with zero attached hydrogens (tertiary/aromatic N) is 1. The number of carbonyl (C=O) groups excluding carboxylic acids is 1. The van der Waals surface area contributed by atoms with Crippen molar-refractivity contribution in [1.82, 2.24) is 15.3 Å². The van der Waals surface area contributed by atoms with E-state index in [9.17, 15) is 4.79 Å². The number of H-pyrrole nitrogens is 1. The number of imidazole rings is 1. The molecule has 1 unspecified atom stereocenters. The van der Waals surface area contributed by atoms with E-state index in [4.69, 9.17) is 0 Å². The Labute approximate surface area is 147 Å². The Morgan fingerprint density at radius 3 is 2.60 bits per heavy atom. The highest BCUT2D eigenvalue weighted by atomic mass is 16.2. The van der Waals surface area contributed by atoms with E-state index in [2.05, 4.69) is 20.6 Å². The van der Waals surface area contributed by atoms with Crippen molar-refractivity contribution in [3.8, 4) is 0 Å². The third-order valence-corrected chi connectivity index (χ3v) is 4.29. The van der Waals surface area contributed by atoms with Crippen LogP contribution in [0, 0.1) is 0 Å². The van der Waals surface area contributed by atoms with Crippen molar-refractivity contribution in [2.75, 3.05) is 5.32 Å². The first-order valence-electron chi connectivity index (χ1n) is 8.74. The first-order valence-corrected chi connectivity index (χ1v) is 8.74. The van der Waals surface area contributed by atoms with Crippen LogP contribution in [0.2, 0.25) is 0 Å². The lowest BCUT2D eigenvalue weighted by Crippen LogP contribution is -2.35. The Bertz CT molecular complexity index is 805. The van der Waals surface area contributed by atoms with E-state index in [1.54, 1.807) is 0 Å². The van der Waals surface area contributed by atoms with Crippen LogP contribution in [0.5, 0.6) is 0 Å². The maximum absolute atomic E-state index is 11.8. The number of amides is 2. The SMILES string of the molecule is CCC(C)NC(=O)Nc1ccc(CCc2nc3ccccc3[nH]2)cc1. The zero-order valence-corrected chi connectivity index (χ0v) is 14.7. The largest absolute Gasteiger partial charge is 0.342 e. The molecule has 1 aromatic heterocycles. The van der Waals surface area contributed by atoms with Gasteiger partial charge in [0.05, 0.1) is 11.0 Å². The molecular formula is C20H24N4O. The standard InChI is InChI=1S/C20H24N4O/c1-3-14(2)21-20(25)22-16-11-8-15(9-12-16)10-13-19-23-17-6-4-5-7-18(17)24-19/h4-9,11-12,14H,3,10,13H2,1-2H3,(H,23,24)(H2,21,22,25). The summed E-state index contributed by atoms with van der Waals surface area (Å²) in [5.41, 5.74) is 4.09. The number of nitrogens with one attached hydrogen (secondary N) is 3. The van der Waals surface area contributed by atoms with Crippen molar-refractivity contribution >= 4 is 22.8 Å². The Morgan fingerprint density at radius 1 is 1.12 bits per heavy atom. The number of aromatic nitrogens is 2. The highest BCUT2D eigenvalue weighted by Gasteiger charge is 2.06. The topological polar surface area (TPSA) is 69.8 Å². The normalized spacial score (nSPS) is 12.1. The summed E-state index contributed by atoms with van der Waals surface area (Å²) in [6, 6.07) is 16.0. The van der Waals surface area contributed by atoms with Gasteiger partial charge in [-0.15, -0.1) is 0 Å². The van der Waals surface area contributed by atoms with Crippen molar-refractivity contribution < 1.29 is 4.79 Å². The van der Waals surface area contributed by atoms with Gasteiger partial charge in [-0.2, -0.15) is 0 Å². The summed E-state index contributed by atoms with van der Waals surface area (Å²) in [6.07, 6.45) is 2.67. The number of urea groups is 1. The third kappa shape index (κ3) is 4.59. The van der Waals surface area contributed by atoms with Gasteiger partial charge in [-0.1, -0.05) is 31.2 Å². The van der Waals surface area contributed by atoms with Crippen molar-refractivity contribution in [2.45, 2.75) is 39.2 Å². The minimum atomic E-state index is -0.163. The molecule has 2 amide bonds. The Hall–Kier alpha value is -2.82. The van der Waals surface area contributed by atoms with Crippen LogP contribution >= 0.6 is 0 Å². The van der Waals surface area contributed by atoms with Crippen LogP contribution < -0.4 is 10.6 Å². The molecule has 0 aliphatic carbocycles. The van der Waals surface area contributed by atoms with Gasteiger partial charge < -0.3 is 15.6 Å². The highest BCUT2D eigenvalue weighted by Crippen LogP contribution is 2.14. The predicted octanol–water partition coefficient (Wildman–Crippen LogP) is 4.27. The maximum Gasteiger partial charge on any atom is 0.319 e. The fraction of sp³-hybridized carbons (Fsp3) is 0.300. The Kier molecular flexibility index (Phi) is 5.33. The number of rotatable bonds is 6. The van der Waals surface area contributed by atoms with Gasteiger partial charge in [0.1, 0.15) is 5.82 Å². The average molecular weight is 336 g/mol. The quantitative estimate of drug-likeness (QED) is 0.629. The number of fused-ring (bicyclic) bond motifs is 1. The van der Waals surface area contributed by atoms with E-state index in [-0.39, 0.29) is 12.1 Å². The second-order valence-corrected chi connectivity index (χ2v) is 6.31. The van der Waals surface area contributed by atoms with Crippen LogP contribution in [0.1, 0.15) is 31.7 Å². The molecule has 2 aromatic carbocycles. The first-order chi connectivity index (χ1) is 12.1. The molecule has 0 radical (unpaired) electrons. The molecule has 0 bridgehead atoms. The number of benzene rings is 2. The van der Waals surface area contributed by atoms with Gasteiger partial charge in [-0.25, -0.2) is 9.78 Å². The number of para-hydroxylation sites is 2. The van der Waals surface area contributed by atoms with Crippen molar-refractivity contribution in [3.63, 3.8) is 0 Å². The average Bonchev–Trinajstić information content (AvgIpc) is 3.04. The van der Waals surface area contributed by atoms with E-state index in [0.29, 0.717) is 0 Å². The number of aromatic amines is 1. The molecule has 3 rings (SSSR count). The van der Waals surface area contributed by atoms with Crippen molar-refractivity contribution in [1.29, 1.82) is 0 Å². The number of hydrogen-bond acceptors (Lipinski definition) is 2. The first kappa shape index (κ1) is 17.0. The molecule has 0 spiro atoms. The molecule has 1 heterocycles. The molecule has 1 atom stereocenters. The molecule has 25 heavy (non-hydrogen) atoms. The van der Waals surface area contributed by atoms with Gasteiger partial charge in [-0.05, 0) is 49.6 Å². The molecule has 5 heteroatoms. The molecule has 0 saturated heterocycles. The smallest absolute Gasteiger partial charge is 0.319 e. The summed E-state index contributed by atoms with van der Waals surface area (Å²) < 4.78 is 0. The van der Waals surface area contributed by atoms with Gasteiger partial charge in [0.15, 0.2) is 0 Å². The van der Waals surface area contributed by atoms with Crippen LogP contribution in [-0.4, -0.2) is 22.0 Å². The summed E-state index contributed by atoms with van der Waals surface area (Å²) in [6.45, 7) is 4.03. The second kappa shape index (κ2) is 7.83. The van der Waals surface area contributed by atoms with E-state index in [0.717, 1.165) is 41.8 Å². The van der Waals surface area contributed by atoms with Crippen LogP contribution in [-0.2, 0) is 12.8 Å². The molecule has 0 aliphatic rings. The summed E-state index contributed by atoms with van der Waals surface area (Å²) in [7, 11) is 0. The summed E-state index contributed by atoms with van der Waals surface area (Å²) in [5, 5.41) is 5.75. The van der Waals surface area contributed by atoms with Gasteiger partial charge in [-0.3, -0.25) is 0 Å². The number of aryl methyl sites for hydroxylation is 2. The van der Waals surface area contributed by atoms with Gasteiger partial charge in [0.2, 0.25) is 0 Å². The molecule has 0 saturated carbocycles. The second-order valence-electron chi connectivity index (χ2n) is 6.31. The van der Waals surface area contributed by atoms with Crippen molar-refractivity contribution in [2.24, 2.45) is 0 Å². The Balaban J connectivity index is 1.54. The van der Waals surface area contributed by atoms with Crippen LogP contribution in [0.15, 0.2) is 48.5 Å². The lowest BCUT2D eigenvalue weighted by Gasteiger charge is -2.12. The van der Waals surface area contributed by atoms with Crippen LogP contribution in [0.25, 0.3) is 11.0 Å². The molecular weight excluding hydrogens is 312 g/mol. The summed E-state index contributed by atoms with van der Waals surface area (Å²) in [4.78, 5) is 19.8. The van der Waals surface area contributed by atoms with Crippen LogP contribution in [0.3, 0.4) is 0 Å². The zero-order valence-electron chi connectivity index (χ0n) is 14.7. The van der Waals surface area contributed by atoms with Crippen LogP contribution in [0.4, 0.5) is 10.5 Å². The molecule has 3 N–H and O–H groups in total. The highest BCUT2D eigenvalue weighted by molar-refractivity contribution is 5.89. The molecule has 130 valence electrons. The van der Waals surface area contributed by atoms with E-state index < -0.39 is 0 Å². The lowest BCUT2D eigenvalue weighted by atomic mass is 10.1. The number of hydrogen-bond donors (Lipinski definition) is 3. The minimum Gasteiger partial charge on any atom is -0.342 e. The summed E-state index contributed by atoms with van der Waals surface area (Å²) >= 11 is 0. The molecule has 0 fully saturated rings. The lowest BCUT2D eigenvalue weighted by molar-refractivity contribution is 0.249. The van der Waals surface area contributed by atoms with Gasteiger partial charge >= 0.3 is 6.03 Å². The number of carbonyl (C=O) groups is 1. The third-order valence-electron chi connectivity index (χ3n) is 4.29. The fourth-order valence-electron chi connectivity index (χ4n) is 2.63. The number of anilines is 1. The fourth-order valence-corrected chi connectivity index (χ4v) is 2.63. The van der Waals surface area contributed by atoms with E-state index in [1.807, 2.05) is 62.4 Å². The minimum absolute atomic E-state index is 0.163. The molecule has 0 aliphatic heterocycles. The molecule has 5 nitrogen and oxygen atoms in total. The molecule has 3 aromatic rings. The van der Waals surface area contributed by atoms with E-state index >= 15 is 0 Å². The maximum atomic E-state index is 11.8. The monoisotopic (exact) mass is 336 g/mol. The predicted molar refractivity (Wildman–Crippen MR) is 102 cm³/mol. The van der Waals surface area contributed by atoms with Gasteiger partial charge in [0, 0.05) is 18.2 Å². The summed E-state index contributed by atoms with van der Waals surface area (Å²) in [5.74, 6) is 0.997. The van der Waals surface area contributed by atoms with Gasteiger partial charge in [0.25, 0.3) is 0 Å². The Morgan fingerprint density at radius 2 is 1.88 bits per heavy atom. The van der Waals surface area contributed by atoms with E-state index in [1.165, 1.54) is 5.56 Å². The van der Waals surface area contributed by atoms with Crippen molar-refractivity contribution in [3.05, 3.63) is 59.9 Å². The zero-order chi connectivity index (χ0) is 17.6.